The molecule has 2 aromatic carbocycles. The van der Waals surface area contributed by atoms with Gasteiger partial charge in [0.2, 0.25) is 5.91 Å². The Morgan fingerprint density at radius 1 is 1.03 bits per heavy atom. The average Bonchev–Trinajstić information content (AvgIpc) is 2.80. The molecule has 0 aliphatic heterocycles. The lowest BCUT2D eigenvalue weighted by atomic mass is 9.49. The minimum Gasteiger partial charge on any atom is -0.507 e. The molecule has 8 nitrogen and oxygen atoms in total. The molecule has 3 aliphatic carbocycles. The Morgan fingerprint density at radius 3 is 2.24 bits per heavy atom. The number of carbonyl (C=O) groups excluding carboxylic acids is 5. The number of phenols is 1. The first-order valence-electron chi connectivity index (χ1n) is 12.9. The van der Waals surface area contributed by atoms with Crippen LogP contribution in [0, 0.1) is 49.4 Å². The van der Waals surface area contributed by atoms with Crippen molar-refractivity contribution < 1.29 is 34.2 Å². The summed E-state index contributed by atoms with van der Waals surface area (Å²) >= 11 is 0. The van der Waals surface area contributed by atoms with Gasteiger partial charge < -0.3 is 15.9 Å². The molecule has 198 valence electrons. The second kappa shape index (κ2) is 8.70. The number of aromatic hydroxyl groups is 1. The molecule has 1 amide bonds. The van der Waals surface area contributed by atoms with Crippen LogP contribution in [0.2, 0.25) is 0 Å². The second-order valence-corrected chi connectivity index (χ2v) is 11.5. The molecule has 2 saturated carbocycles. The number of rotatable bonds is 3. The fourth-order valence-corrected chi connectivity index (χ4v) is 7.25. The molecular formula is C30H31NO7. The van der Waals surface area contributed by atoms with Crippen LogP contribution in [0.5, 0.6) is 5.75 Å². The Kier molecular flexibility index (Phi) is 5.95. The number of ketones is 4. The van der Waals surface area contributed by atoms with E-state index in [9.17, 15) is 34.2 Å². The average molecular weight is 518 g/mol. The van der Waals surface area contributed by atoms with Crippen LogP contribution in [-0.2, 0) is 25.6 Å². The van der Waals surface area contributed by atoms with Gasteiger partial charge in [-0.25, -0.2) is 0 Å². The lowest BCUT2D eigenvalue weighted by molar-refractivity contribution is -0.182. The minimum atomic E-state index is -2.68. The Bertz CT molecular complexity index is 1420. The van der Waals surface area contributed by atoms with Crippen LogP contribution in [0.3, 0.4) is 0 Å². The zero-order valence-electron chi connectivity index (χ0n) is 21.8. The molecule has 6 atom stereocenters. The lowest BCUT2D eigenvalue weighted by Crippen LogP contribution is -2.71. The standard InChI is InChI=1S/C30H31NO7/c1-12(2)21-19-11-16-10-18-17(15-8-13(3)7-14(4)9-15)5-6-20(32)23(18)26(34)22(16)27(35)30(19,38)28(36)24(25(21)33)29(31)37/h5-9,12,16,19,21-22,24,32,38H,10-11H2,1-4H3,(H2,31,37)/t16-,19-,21-,22?,24?,30-/m0/s1. The van der Waals surface area contributed by atoms with Gasteiger partial charge in [0.25, 0.3) is 0 Å². The largest absolute Gasteiger partial charge is 0.507 e. The predicted molar refractivity (Wildman–Crippen MR) is 137 cm³/mol. The van der Waals surface area contributed by atoms with Crippen molar-refractivity contribution in [1.29, 1.82) is 0 Å². The molecule has 2 fully saturated rings. The lowest BCUT2D eigenvalue weighted by Gasteiger charge is -2.52. The van der Waals surface area contributed by atoms with Crippen LogP contribution in [0.4, 0.5) is 0 Å². The SMILES string of the molecule is Cc1cc(C)cc(-c2ccc(O)c3c2C[C@H]2C[C@H]4[C@H](C(C)C)C(=O)C(C(N)=O)C(=O)[C@@]4(O)C(=O)C2C3=O)c1. The molecule has 5 rings (SSSR count). The number of hydrogen-bond acceptors (Lipinski definition) is 7. The van der Waals surface area contributed by atoms with Crippen molar-refractivity contribution in [3.63, 3.8) is 0 Å². The molecule has 0 radical (unpaired) electrons. The van der Waals surface area contributed by atoms with Gasteiger partial charge in [-0.2, -0.15) is 0 Å². The highest BCUT2D eigenvalue weighted by atomic mass is 16.3. The van der Waals surface area contributed by atoms with E-state index in [2.05, 4.69) is 0 Å². The van der Waals surface area contributed by atoms with E-state index in [1.807, 2.05) is 32.0 Å². The van der Waals surface area contributed by atoms with E-state index in [0.29, 0.717) is 5.56 Å². The summed E-state index contributed by atoms with van der Waals surface area (Å²) in [6.07, 6.45) is 0.305. The van der Waals surface area contributed by atoms with E-state index >= 15 is 0 Å². The van der Waals surface area contributed by atoms with Crippen molar-refractivity contribution in [2.24, 2.45) is 41.2 Å². The Hall–Kier alpha value is -3.65. The molecule has 8 heteroatoms. The van der Waals surface area contributed by atoms with E-state index in [4.69, 9.17) is 5.73 Å². The summed E-state index contributed by atoms with van der Waals surface area (Å²) in [4.78, 5) is 66.5. The van der Waals surface area contributed by atoms with Crippen LogP contribution in [-0.4, -0.2) is 44.9 Å². The fourth-order valence-electron chi connectivity index (χ4n) is 7.25. The first kappa shape index (κ1) is 26.0. The summed E-state index contributed by atoms with van der Waals surface area (Å²) in [5.74, 6) is -11.5. The molecule has 0 heterocycles. The molecule has 2 unspecified atom stereocenters. The number of fused-ring (bicyclic) bond motifs is 3. The van der Waals surface area contributed by atoms with E-state index in [1.165, 1.54) is 6.07 Å². The van der Waals surface area contributed by atoms with Gasteiger partial charge in [0.05, 0.1) is 11.5 Å². The summed E-state index contributed by atoms with van der Waals surface area (Å²) in [5.41, 5.74) is 6.98. The van der Waals surface area contributed by atoms with Gasteiger partial charge in [-0.15, -0.1) is 0 Å². The third-order valence-electron chi connectivity index (χ3n) is 8.73. The highest BCUT2D eigenvalue weighted by Crippen LogP contribution is 2.53. The minimum absolute atomic E-state index is 0.00417. The number of phenolic OH excluding ortho intramolecular Hbond substituents is 1. The third-order valence-corrected chi connectivity index (χ3v) is 8.73. The Balaban J connectivity index is 1.67. The van der Waals surface area contributed by atoms with Gasteiger partial charge in [0.1, 0.15) is 5.75 Å². The van der Waals surface area contributed by atoms with E-state index in [-0.39, 0.29) is 30.1 Å². The normalized spacial score (nSPS) is 30.6. The number of benzene rings is 2. The molecule has 0 saturated heterocycles. The fraction of sp³-hybridized carbons (Fsp3) is 0.433. The molecular weight excluding hydrogens is 486 g/mol. The summed E-state index contributed by atoms with van der Waals surface area (Å²) in [7, 11) is 0. The quantitative estimate of drug-likeness (QED) is 0.529. The van der Waals surface area contributed by atoms with E-state index in [0.717, 1.165) is 22.3 Å². The van der Waals surface area contributed by atoms with Crippen molar-refractivity contribution in [3.8, 4) is 16.9 Å². The molecule has 3 aliphatic rings. The maximum Gasteiger partial charge on any atom is 0.235 e. The van der Waals surface area contributed by atoms with Crippen molar-refractivity contribution in [2.45, 2.75) is 46.1 Å². The van der Waals surface area contributed by atoms with Crippen molar-refractivity contribution in [2.75, 3.05) is 0 Å². The summed E-state index contributed by atoms with van der Waals surface area (Å²) < 4.78 is 0. The molecule has 0 spiro atoms. The maximum absolute atomic E-state index is 13.9. The van der Waals surface area contributed by atoms with Crippen LogP contribution in [0.1, 0.15) is 47.3 Å². The van der Waals surface area contributed by atoms with Crippen LogP contribution >= 0.6 is 0 Å². The number of primary amides is 1. The Labute approximate surface area is 220 Å². The van der Waals surface area contributed by atoms with E-state index in [1.54, 1.807) is 19.9 Å². The Morgan fingerprint density at radius 2 is 1.66 bits per heavy atom. The van der Waals surface area contributed by atoms with Gasteiger partial charge in [0, 0.05) is 11.8 Å². The molecule has 38 heavy (non-hydrogen) atoms. The number of aryl methyl sites for hydroxylation is 2. The van der Waals surface area contributed by atoms with Gasteiger partial charge in [-0.1, -0.05) is 49.2 Å². The topological polar surface area (TPSA) is 152 Å². The third kappa shape index (κ3) is 3.50. The van der Waals surface area contributed by atoms with Gasteiger partial charge in [-0.05, 0) is 61.3 Å². The van der Waals surface area contributed by atoms with Crippen molar-refractivity contribution in [1.82, 2.24) is 0 Å². The maximum atomic E-state index is 13.9. The van der Waals surface area contributed by atoms with Crippen LogP contribution < -0.4 is 5.73 Å². The van der Waals surface area contributed by atoms with Gasteiger partial charge >= 0.3 is 0 Å². The molecule has 0 aromatic heterocycles. The van der Waals surface area contributed by atoms with Crippen molar-refractivity contribution in [3.05, 3.63) is 52.6 Å². The molecule has 0 bridgehead atoms. The zero-order chi connectivity index (χ0) is 27.8. The monoisotopic (exact) mass is 517 g/mol. The second-order valence-electron chi connectivity index (χ2n) is 11.5. The van der Waals surface area contributed by atoms with Gasteiger partial charge in [-0.3, -0.25) is 24.0 Å². The highest BCUT2D eigenvalue weighted by molar-refractivity contribution is 6.32. The van der Waals surface area contributed by atoms with Crippen molar-refractivity contribution >= 4 is 29.0 Å². The van der Waals surface area contributed by atoms with E-state index < -0.39 is 64.2 Å². The highest BCUT2D eigenvalue weighted by Gasteiger charge is 2.69. The number of Topliss-reactive ketones (excluding diaryl/α,β-unsaturated/α-hetero) is 4. The number of amides is 1. The number of aliphatic hydroxyl groups is 1. The smallest absolute Gasteiger partial charge is 0.235 e. The first-order valence-corrected chi connectivity index (χ1v) is 12.9. The predicted octanol–water partition coefficient (Wildman–Crippen LogP) is 2.49. The summed E-state index contributed by atoms with van der Waals surface area (Å²) in [6, 6.07) is 9.16. The first-order chi connectivity index (χ1) is 17.8. The summed E-state index contributed by atoms with van der Waals surface area (Å²) in [6.45, 7) is 7.39. The van der Waals surface area contributed by atoms with Crippen LogP contribution in [0.15, 0.2) is 30.3 Å². The van der Waals surface area contributed by atoms with Crippen LogP contribution in [0.25, 0.3) is 11.1 Å². The molecule has 2 aromatic rings. The zero-order valence-corrected chi connectivity index (χ0v) is 21.8. The number of carbonyl (C=O) groups is 5. The van der Waals surface area contributed by atoms with Gasteiger partial charge in [0.15, 0.2) is 34.7 Å². The number of nitrogens with two attached hydrogens (primary N) is 1. The molecule has 4 N–H and O–H groups in total. The number of hydrogen-bond donors (Lipinski definition) is 3. The summed E-state index contributed by atoms with van der Waals surface area (Å²) in [5, 5.41) is 22.4.